The second kappa shape index (κ2) is 8.00. The van der Waals surface area contributed by atoms with Crippen LogP contribution in [0.25, 0.3) is 0 Å². The SMILES string of the molecule is CCOC(=O)C1=CN(CC(=O)Nc2ccc(C(F)(F)F)cc2)S(=O)(=O)N=C1C. The number of nitrogens with one attached hydrogen (secondary N) is 1. The van der Waals surface area contributed by atoms with Crippen molar-refractivity contribution in [3.05, 3.63) is 41.6 Å². The summed E-state index contributed by atoms with van der Waals surface area (Å²) in [5.74, 6) is -1.63. The first kappa shape index (κ1) is 21.4. The average Bonchev–Trinajstić information content (AvgIpc) is 2.56. The molecule has 0 bridgehead atoms. The first-order valence-corrected chi connectivity index (χ1v) is 9.28. The van der Waals surface area contributed by atoms with Crippen LogP contribution in [0.15, 0.2) is 40.4 Å². The number of ether oxygens (including phenoxy) is 1. The van der Waals surface area contributed by atoms with E-state index in [9.17, 15) is 31.2 Å². The van der Waals surface area contributed by atoms with E-state index in [2.05, 4.69) is 9.71 Å². The average molecular weight is 419 g/mol. The molecule has 12 heteroatoms. The summed E-state index contributed by atoms with van der Waals surface area (Å²) in [4.78, 5) is 24.0. The van der Waals surface area contributed by atoms with Crippen molar-refractivity contribution in [2.45, 2.75) is 20.0 Å². The molecule has 2 rings (SSSR count). The number of carbonyl (C=O) groups is 2. The van der Waals surface area contributed by atoms with Gasteiger partial charge in [0.2, 0.25) is 5.91 Å². The highest BCUT2D eigenvalue weighted by atomic mass is 32.2. The van der Waals surface area contributed by atoms with E-state index in [4.69, 9.17) is 4.74 Å². The fourth-order valence-electron chi connectivity index (χ4n) is 2.20. The minimum Gasteiger partial charge on any atom is -0.462 e. The molecule has 0 fully saturated rings. The lowest BCUT2D eigenvalue weighted by Gasteiger charge is -2.22. The van der Waals surface area contributed by atoms with Crippen molar-refractivity contribution in [2.75, 3.05) is 18.5 Å². The van der Waals surface area contributed by atoms with E-state index >= 15 is 0 Å². The summed E-state index contributed by atoms with van der Waals surface area (Å²) in [6.07, 6.45) is -3.59. The number of esters is 1. The second-order valence-electron chi connectivity index (χ2n) is 5.59. The molecule has 0 saturated heterocycles. The molecule has 28 heavy (non-hydrogen) atoms. The minimum atomic E-state index is -4.52. The normalized spacial score (nSPS) is 16.1. The number of benzene rings is 1. The Kier molecular flexibility index (Phi) is 6.12. The van der Waals surface area contributed by atoms with Crippen LogP contribution < -0.4 is 5.32 Å². The molecule has 0 aromatic heterocycles. The largest absolute Gasteiger partial charge is 0.462 e. The number of hydrogen-bond donors (Lipinski definition) is 1. The second-order valence-corrected chi connectivity index (χ2v) is 7.13. The zero-order valence-electron chi connectivity index (χ0n) is 14.8. The summed E-state index contributed by atoms with van der Waals surface area (Å²) >= 11 is 0. The zero-order chi connectivity index (χ0) is 21.1. The van der Waals surface area contributed by atoms with Gasteiger partial charge in [0.05, 0.1) is 23.5 Å². The fraction of sp³-hybridized carbons (Fsp3) is 0.312. The molecule has 152 valence electrons. The minimum absolute atomic E-state index is 0.0432. The van der Waals surface area contributed by atoms with Gasteiger partial charge in [0.25, 0.3) is 0 Å². The topological polar surface area (TPSA) is 105 Å². The van der Waals surface area contributed by atoms with Crippen LogP contribution in [0.3, 0.4) is 0 Å². The van der Waals surface area contributed by atoms with Gasteiger partial charge in [-0.2, -0.15) is 21.6 Å². The van der Waals surface area contributed by atoms with E-state index in [1.54, 1.807) is 6.92 Å². The molecule has 1 aliphatic heterocycles. The van der Waals surface area contributed by atoms with Crippen LogP contribution in [0.1, 0.15) is 19.4 Å². The Balaban J connectivity index is 2.14. The summed E-state index contributed by atoms with van der Waals surface area (Å²) < 4.78 is 70.6. The van der Waals surface area contributed by atoms with Crippen molar-refractivity contribution in [3.8, 4) is 0 Å². The van der Waals surface area contributed by atoms with Crippen molar-refractivity contribution >= 4 is 33.5 Å². The Bertz CT molecular complexity index is 937. The molecule has 0 unspecified atom stereocenters. The number of anilines is 1. The molecule has 1 amide bonds. The van der Waals surface area contributed by atoms with Gasteiger partial charge in [-0.25, -0.2) is 9.10 Å². The number of rotatable bonds is 5. The molecule has 1 aromatic rings. The van der Waals surface area contributed by atoms with Gasteiger partial charge in [-0.3, -0.25) is 4.79 Å². The standard InChI is InChI=1S/C16H16F3N3O5S/c1-3-27-15(24)13-8-22(28(25,26)21-10(13)2)9-14(23)20-12-6-4-11(5-7-12)16(17,18)19/h4-8H,3,9H2,1-2H3,(H,20,23). The summed E-state index contributed by atoms with van der Waals surface area (Å²) in [5, 5.41) is 2.28. The Hall–Kier alpha value is -2.89. The molecule has 8 nitrogen and oxygen atoms in total. The Morgan fingerprint density at radius 3 is 2.36 bits per heavy atom. The predicted octanol–water partition coefficient (Wildman–Crippen LogP) is 2.11. The number of carbonyl (C=O) groups excluding carboxylic acids is 2. The zero-order valence-corrected chi connectivity index (χ0v) is 15.6. The Morgan fingerprint density at radius 1 is 1.21 bits per heavy atom. The molecule has 0 atom stereocenters. The fourth-order valence-corrected chi connectivity index (χ4v) is 3.27. The smallest absolute Gasteiger partial charge is 0.416 e. The molecule has 0 saturated carbocycles. The maximum Gasteiger partial charge on any atom is 0.416 e. The van der Waals surface area contributed by atoms with Crippen LogP contribution in [0.5, 0.6) is 0 Å². The molecule has 1 aromatic carbocycles. The monoisotopic (exact) mass is 419 g/mol. The van der Waals surface area contributed by atoms with Crippen LogP contribution >= 0.6 is 0 Å². The van der Waals surface area contributed by atoms with E-state index in [-0.39, 0.29) is 23.6 Å². The van der Waals surface area contributed by atoms with Crippen LogP contribution in [0.4, 0.5) is 18.9 Å². The van der Waals surface area contributed by atoms with Gasteiger partial charge in [-0.15, -0.1) is 4.40 Å². The molecular weight excluding hydrogens is 403 g/mol. The van der Waals surface area contributed by atoms with Crippen molar-refractivity contribution in [3.63, 3.8) is 0 Å². The summed E-state index contributed by atoms with van der Waals surface area (Å²) in [6.45, 7) is 2.20. The quantitative estimate of drug-likeness (QED) is 0.736. The third kappa shape index (κ3) is 5.09. The van der Waals surface area contributed by atoms with E-state index in [0.29, 0.717) is 4.31 Å². The molecule has 1 heterocycles. The number of nitrogens with zero attached hydrogens (tertiary/aromatic N) is 2. The maximum absolute atomic E-state index is 12.5. The molecule has 0 radical (unpaired) electrons. The van der Waals surface area contributed by atoms with Crippen LogP contribution in [-0.4, -0.2) is 43.5 Å². The number of amides is 1. The van der Waals surface area contributed by atoms with Crippen molar-refractivity contribution in [1.29, 1.82) is 0 Å². The van der Waals surface area contributed by atoms with E-state index < -0.39 is 40.4 Å². The first-order chi connectivity index (χ1) is 12.9. The van der Waals surface area contributed by atoms with Crippen LogP contribution in [0.2, 0.25) is 0 Å². The summed E-state index contributed by atoms with van der Waals surface area (Å²) in [5.41, 5.74) is -1.06. The van der Waals surface area contributed by atoms with E-state index in [1.807, 2.05) is 0 Å². The highest BCUT2D eigenvalue weighted by Crippen LogP contribution is 2.29. The number of alkyl halides is 3. The lowest BCUT2D eigenvalue weighted by molar-refractivity contribution is -0.138. The van der Waals surface area contributed by atoms with E-state index in [1.165, 1.54) is 6.92 Å². The van der Waals surface area contributed by atoms with Crippen LogP contribution in [-0.2, 0) is 30.7 Å². The highest BCUT2D eigenvalue weighted by molar-refractivity contribution is 7.88. The molecule has 1 N–H and O–H groups in total. The van der Waals surface area contributed by atoms with Gasteiger partial charge >= 0.3 is 22.4 Å². The van der Waals surface area contributed by atoms with Gasteiger partial charge in [0.15, 0.2) is 0 Å². The third-order valence-corrected chi connectivity index (χ3v) is 4.83. The molecular formula is C16H16F3N3O5S. The maximum atomic E-state index is 12.5. The Labute approximate surface area is 158 Å². The molecule has 1 aliphatic rings. The van der Waals surface area contributed by atoms with Crippen molar-refractivity contribution in [1.82, 2.24) is 4.31 Å². The first-order valence-electron chi connectivity index (χ1n) is 7.89. The molecule has 0 spiro atoms. The number of halogens is 3. The lowest BCUT2D eigenvalue weighted by atomic mass is 10.2. The van der Waals surface area contributed by atoms with Gasteiger partial charge in [-0.1, -0.05) is 0 Å². The molecule has 0 aliphatic carbocycles. The van der Waals surface area contributed by atoms with Crippen LogP contribution in [0, 0.1) is 0 Å². The Morgan fingerprint density at radius 2 is 1.82 bits per heavy atom. The van der Waals surface area contributed by atoms with Gasteiger partial charge in [0.1, 0.15) is 6.54 Å². The van der Waals surface area contributed by atoms with E-state index in [0.717, 1.165) is 30.5 Å². The third-order valence-electron chi connectivity index (χ3n) is 3.50. The van der Waals surface area contributed by atoms with Gasteiger partial charge < -0.3 is 10.1 Å². The number of hydrogen-bond acceptors (Lipinski definition) is 5. The highest BCUT2D eigenvalue weighted by Gasteiger charge is 2.31. The van der Waals surface area contributed by atoms with Gasteiger partial charge in [-0.05, 0) is 38.1 Å². The lowest BCUT2D eigenvalue weighted by Crippen LogP contribution is -2.37. The predicted molar refractivity (Wildman–Crippen MR) is 93.5 cm³/mol. The summed E-state index contributed by atoms with van der Waals surface area (Å²) in [7, 11) is -4.24. The van der Waals surface area contributed by atoms with Crippen molar-refractivity contribution < 1.29 is 35.9 Å². The summed E-state index contributed by atoms with van der Waals surface area (Å²) in [6, 6.07) is 3.63. The van der Waals surface area contributed by atoms with Gasteiger partial charge in [0, 0.05) is 11.9 Å². The van der Waals surface area contributed by atoms with Crippen molar-refractivity contribution in [2.24, 2.45) is 4.40 Å².